The van der Waals surface area contributed by atoms with Gasteiger partial charge in [0, 0.05) is 31.7 Å². The number of nitrogens with zero attached hydrogens (tertiary/aromatic N) is 5. The van der Waals surface area contributed by atoms with E-state index in [1.165, 1.54) is 12.1 Å². The number of aromatic nitrogens is 5. The Kier molecular flexibility index (Phi) is 5.16. The molecule has 0 bridgehead atoms. The molecular formula is C23H24FN7O. The molecule has 32 heavy (non-hydrogen) atoms. The number of hydrogen-bond acceptors (Lipinski definition) is 5. The van der Waals surface area contributed by atoms with Gasteiger partial charge >= 0.3 is 0 Å². The minimum atomic E-state index is -0.325. The van der Waals surface area contributed by atoms with Crippen molar-refractivity contribution in [3.63, 3.8) is 0 Å². The van der Waals surface area contributed by atoms with Crippen molar-refractivity contribution in [3.05, 3.63) is 42.0 Å². The summed E-state index contributed by atoms with van der Waals surface area (Å²) in [6, 6.07) is 4.67. The van der Waals surface area contributed by atoms with Crippen LogP contribution in [0.4, 0.5) is 4.39 Å². The maximum absolute atomic E-state index is 13.7. The van der Waals surface area contributed by atoms with E-state index in [0.717, 1.165) is 31.1 Å². The first-order chi connectivity index (χ1) is 15.5. The van der Waals surface area contributed by atoms with E-state index >= 15 is 0 Å². The lowest BCUT2D eigenvalue weighted by Gasteiger charge is -2.12. The first kappa shape index (κ1) is 20.3. The third-order valence-electron chi connectivity index (χ3n) is 6.18. The minimum Gasteiger partial charge on any atom is -0.349 e. The monoisotopic (exact) mass is 433 g/mol. The molecule has 3 aromatic heterocycles. The number of H-pyrrole nitrogens is 1. The highest BCUT2D eigenvalue weighted by atomic mass is 19.1. The number of aromatic amines is 1. The van der Waals surface area contributed by atoms with Gasteiger partial charge in [0.2, 0.25) is 0 Å². The fourth-order valence-corrected chi connectivity index (χ4v) is 4.54. The Morgan fingerprint density at radius 1 is 1.41 bits per heavy atom. The number of amides is 1. The van der Waals surface area contributed by atoms with Crippen molar-refractivity contribution in [2.45, 2.75) is 31.7 Å². The fraction of sp³-hybridized carbons (Fsp3) is 0.348. The highest BCUT2D eigenvalue weighted by Crippen LogP contribution is 2.30. The summed E-state index contributed by atoms with van der Waals surface area (Å²) in [7, 11) is 3.54. The molecule has 0 aliphatic heterocycles. The summed E-state index contributed by atoms with van der Waals surface area (Å²) in [5.41, 5.74) is 3.28. The number of carbonyl (C=O) groups is 1. The van der Waals surface area contributed by atoms with Crippen molar-refractivity contribution in [2.75, 3.05) is 7.05 Å². The van der Waals surface area contributed by atoms with Crippen LogP contribution in [0.15, 0.2) is 35.6 Å². The van der Waals surface area contributed by atoms with Gasteiger partial charge in [0.1, 0.15) is 22.7 Å². The lowest BCUT2D eigenvalue weighted by Crippen LogP contribution is -2.32. The molecule has 1 fully saturated rings. The molecule has 1 aliphatic carbocycles. The molecular weight excluding hydrogens is 409 g/mol. The van der Waals surface area contributed by atoms with Crippen LogP contribution in [0, 0.1) is 11.7 Å². The zero-order valence-corrected chi connectivity index (χ0v) is 18.0. The van der Waals surface area contributed by atoms with Crippen LogP contribution in [-0.4, -0.2) is 49.9 Å². The molecule has 1 saturated carbocycles. The highest BCUT2D eigenvalue weighted by Gasteiger charge is 2.27. The Bertz CT molecular complexity index is 1340. The molecule has 5 rings (SSSR count). The van der Waals surface area contributed by atoms with E-state index in [2.05, 4.69) is 25.4 Å². The Morgan fingerprint density at radius 2 is 2.28 bits per heavy atom. The number of aryl methyl sites for hydroxylation is 1. The molecule has 8 nitrogen and oxygen atoms in total. The van der Waals surface area contributed by atoms with Gasteiger partial charge in [-0.15, -0.1) is 0 Å². The third-order valence-corrected chi connectivity index (χ3v) is 6.18. The summed E-state index contributed by atoms with van der Waals surface area (Å²) in [5.74, 6) is 0.0698. The van der Waals surface area contributed by atoms with Gasteiger partial charge in [0.15, 0.2) is 5.65 Å². The third kappa shape index (κ3) is 3.63. The second-order valence-electron chi connectivity index (χ2n) is 8.31. The average molecular weight is 433 g/mol. The van der Waals surface area contributed by atoms with Gasteiger partial charge in [-0.1, -0.05) is 0 Å². The fourth-order valence-electron chi connectivity index (χ4n) is 4.54. The Balaban J connectivity index is 1.43. The van der Waals surface area contributed by atoms with Crippen molar-refractivity contribution in [2.24, 2.45) is 18.0 Å². The van der Waals surface area contributed by atoms with E-state index in [1.807, 2.05) is 6.21 Å². The number of rotatable bonds is 5. The smallest absolute Gasteiger partial charge is 0.255 e. The Labute approximate surface area is 184 Å². The van der Waals surface area contributed by atoms with E-state index in [1.54, 1.807) is 37.2 Å². The summed E-state index contributed by atoms with van der Waals surface area (Å²) in [6.07, 6.45) is 9.15. The van der Waals surface area contributed by atoms with Crippen LogP contribution in [0.1, 0.15) is 36.0 Å². The second kappa shape index (κ2) is 8.14. The highest BCUT2D eigenvalue weighted by molar-refractivity contribution is 6.05. The van der Waals surface area contributed by atoms with Crippen molar-refractivity contribution in [1.29, 1.82) is 0 Å². The quantitative estimate of drug-likeness (QED) is 0.469. The summed E-state index contributed by atoms with van der Waals surface area (Å²) >= 11 is 0. The van der Waals surface area contributed by atoms with Crippen molar-refractivity contribution in [3.8, 4) is 11.4 Å². The molecule has 9 heteroatoms. The molecule has 1 amide bonds. The van der Waals surface area contributed by atoms with Gasteiger partial charge in [-0.2, -0.15) is 5.10 Å². The van der Waals surface area contributed by atoms with Gasteiger partial charge in [-0.3, -0.25) is 9.48 Å². The van der Waals surface area contributed by atoms with Crippen LogP contribution >= 0.6 is 0 Å². The number of halogens is 1. The van der Waals surface area contributed by atoms with Gasteiger partial charge in [-0.25, -0.2) is 14.4 Å². The normalized spacial score (nSPS) is 18.8. The maximum atomic E-state index is 13.7. The number of benzene rings is 1. The van der Waals surface area contributed by atoms with Crippen LogP contribution in [0.3, 0.4) is 0 Å². The molecule has 0 spiro atoms. The summed E-state index contributed by atoms with van der Waals surface area (Å²) < 4.78 is 15.3. The van der Waals surface area contributed by atoms with Crippen LogP contribution in [-0.2, 0) is 7.05 Å². The molecule has 0 saturated heterocycles. The maximum Gasteiger partial charge on any atom is 0.255 e. The zero-order valence-electron chi connectivity index (χ0n) is 18.0. The first-order valence-corrected chi connectivity index (χ1v) is 10.7. The van der Waals surface area contributed by atoms with E-state index in [4.69, 9.17) is 4.98 Å². The van der Waals surface area contributed by atoms with Crippen LogP contribution in [0.2, 0.25) is 0 Å². The van der Waals surface area contributed by atoms with E-state index in [9.17, 15) is 9.18 Å². The average Bonchev–Trinajstić information content (AvgIpc) is 3.49. The number of aliphatic imine (C=N–C) groups is 1. The van der Waals surface area contributed by atoms with Gasteiger partial charge < -0.3 is 15.3 Å². The first-order valence-electron chi connectivity index (χ1n) is 10.7. The predicted molar refractivity (Wildman–Crippen MR) is 121 cm³/mol. The number of hydrogen-bond donors (Lipinski definition) is 2. The molecule has 3 heterocycles. The molecule has 2 atom stereocenters. The second-order valence-corrected chi connectivity index (χ2v) is 8.31. The lowest BCUT2D eigenvalue weighted by atomic mass is 10.0. The summed E-state index contributed by atoms with van der Waals surface area (Å²) in [5, 5.41) is 8.43. The SMILES string of the molecule is CN=CC[C@@H]1CC[C@H](NC(=O)c2c[nH]c3ncc(-c4nn(C)c5cc(F)ccc45)nc23)C1. The van der Waals surface area contributed by atoms with Gasteiger partial charge in [0.05, 0.1) is 17.3 Å². The van der Waals surface area contributed by atoms with Crippen molar-refractivity contribution >= 4 is 34.2 Å². The number of carbonyl (C=O) groups excluding carboxylic acids is 1. The molecule has 164 valence electrons. The van der Waals surface area contributed by atoms with Crippen molar-refractivity contribution < 1.29 is 9.18 Å². The van der Waals surface area contributed by atoms with Gasteiger partial charge in [0.25, 0.3) is 5.91 Å². The Morgan fingerprint density at radius 3 is 3.12 bits per heavy atom. The van der Waals surface area contributed by atoms with E-state index in [0.29, 0.717) is 39.5 Å². The Hall–Kier alpha value is -3.62. The largest absolute Gasteiger partial charge is 0.349 e. The van der Waals surface area contributed by atoms with Crippen molar-refractivity contribution in [1.82, 2.24) is 30.0 Å². The summed E-state index contributed by atoms with van der Waals surface area (Å²) in [6.45, 7) is 0. The molecule has 1 aliphatic rings. The summed E-state index contributed by atoms with van der Waals surface area (Å²) in [4.78, 5) is 29.2. The molecule has 0 unspecified atom stereocenters. The topological polar surface area (TPSA) is 101 Å². The van der Waals surface area contributed by atoms with Crippen LogP contribution < -0.4 is 5.32 Å². The van der Waals surface area contributed by atoms with Gasteiger partial charge in [-0.05, 0) is 56.0 Å². The van der Waals surface area contributed by atoms with E-state index < -0.39 is 0 Å². The number of nitrogens with one attached hydrogen (secondary N) is 2. The standard InChI is InChI=1S/C23H24FN7O/c1-25-8-7-13-3-5-15(9-13)28-23(32)17-11-26-22-21(17)29-18(12-27-22)20-16-6-4-14(24)10-19(16)31(2)30-20/h4,6,8,10-13,15H,3,5,7,9H2,1-2H3,(H,26,27)(H,28,32)/t13-,15-/m0/s1. The van der Waals surface area contributed by atoms with E-state index in [-0.39, 0.29) is 17.8 Å². The lowest BCUT2D eigenvalue weighted by molar-refractivity contribution is 0.0938. The molecule has 0 radical (unpaired) electrons. The molecule has 4 aromatic rings. The minimum absolute atomic E-state index is 0.147. The molecule has 2 N–H and O–H groups in total. The zero-order chi connectivity index (χ0) is 22.2. The predicted octanol–water partition coefficient (Wildman–Crippen LogP) is 3.64. The number of fused-ring (bicyclic) bond motifs is 2. The molecule has 1 aromatic carbocycles. The van der Waals surface area contributed by atoms with Crippen LogP contribution in [0.25, 0.3) is 33.5 Å². The van der Waals surface area contributed by atoms with Crippen LogP contribution in [0.5, 0.6) is 0 Å².